The summed E-state index contributed by atoms with van der Waals surface area (Å²) in [5, 5.41) is 13.3. The van der Waals surface area contributed by atoms with Crippen LogP contribution in [0.1, 0.15) is 16.7 Å². The van der Waals surface area contributed by atoms with E-state index in [2.05, 4.69) is 27.8 Å². The molecule has 0 aromatic heterocycles. The van der Waals surface area contributed by atoms with Crippen molar-refractivity contribution >= 4 is 56.8 Å². The minimum Gasteiger partial charge on any atom is -0.489 e. The number of hydrogen-bond acceptors (Lipinski definition) is 3. The number of nitrogens with one attached hydrogen (secondary N) is 1. The number of nitrogens with zero attached hydrogens (tertiary/aromatic N) is 1. The Balaban J connectivity index is 1.80. The van der Waals surface area contributed by atoms with Gasteiger partial charge in [-0.25, -0.2) is 0 Å². The van der Waals surface area contributed by atoms with Gasteiger partial charge in [-0.1, -0.05) is 63.4 Å². The molecule has 0 aliphatic carbocycles. The summed E-state index contributed by atoms with van der Waals surface area (Å²) >= 11 is 15.5. The molecule has 0 saturated heterocycles. The van der Waals surface area contributed by atoms with Gasteiger partial charge in [0.15, 0.2) is 0 Å². The normalized spacial score (nSPS) is 10.9. The van der Waals surface area contributed by atoms with Crippen LogP contribution in [0.5, 0.6) is 5.75 Å². The average Bonchev–Trinajstić information content (AvgIpc) is 2.78. The van der Waals surface area contributed by atoms with Crippen molar-refractivity contribution in [3.8, 4) is 11.8 Å². The third-order valence-electron chi connectivity index (χ3n) is 4.61. The highest BCUT2D eigenvalue weighted by atomic mass is 79.9. The second-order valence-corrected chi connectivity index (χ2v) is 8.78. The van der Waals surface area contributed by atoms with E-state index in [9.17, 15) is 10.1 Å². The fourth-order valence-corrected chi connectivity index (χ4v) is 3.88. The standard InChI is InChI=1S/C26H19BrCl2N2O2/c1-2-4-18-11-17(7-10-25(18)33-16-19-8-9-22(28)14-24(19)29)12-20(15-30)26(32)31-23-6-3-5-21(27)13-23/h2-3,5-14H,1,4,16H2,(H,31,32)/b20-12-. The number of anilines is 1. The van der Waals surface area contributed by atoms with E-state index in [0.29, 0.717) is 33.5 Å². The van der Waals surface area contributed by atoms with Gasteiger partial charge in [0.05, 0.1) is 0 Å². The quantitative estimate of drug-likeness (QED) is 0.181. The van der Waals surface area contributed by atoms with E-state index >= 15 is 0 Å². The molecule has 1 amide bonds. The molecule has 0 bridgehead atoms. The molecule has 1 N–H and O–H groups in total. The zero-order chi connectivity index (χ0) is 23.8. The van der Waals surface area contributed by atoms with Crippen LogP contribution in [0.4, 0.5) is 5.69 Å². The fourth-order valence-electron chi connectivity index (χ4n) is 3.02. The number of benzene rings is 3. The summed E-state index contributed by atoms with van der Waals surface area (Å²) in [6.07, 6.45) is 3.85. The Morgan fingerprint density at radius 1 is 1.12 bits per heavy atom. The molecule has 0 radical (unpaired) electrons. The van der Waals surface area contributed by atoms with Crippen LogP contribution in [0, 0.1) is 11.3 Å². The number of allylic oxidation sites excluding steroid dienone is 1. The molecule has 0 saturated carbocycles. The highest BCUT2D eigenvalue weighted by Gasteiger charge is 2.12. The van der Waals surface area contributed by atoms with Gasteiger partial charge >= 0.3 is 0 Å². The van der Waals surface area contributed by atoms with Gasteiger partial charge in [-0.15, -0.1) is 6.58 Å². The molecule has 0 heterocycles. The van der Waals surface area contributed by atoms with E-state index in [1.165, 1.54) is 0 Å². The van der Waals surface area contributed by atoms with Crippen LogP contribution >= 0.6 is 39.1 Å². The van der Waals surface area contributed by atoms with Crippen LogP contribution in [0.2, 0.25) is 10.0 Å². The molecule has 0 fully saturated rings. The fraction of sp³-hybridized carbons (Fsp3) is 0.0769. The molecule has 0 aliphatic heterocycles. The lowest BCUT2D eigenvalue weighted by atomic mass is 10.0. The molecule has 166 valence electrons. The summed E-state index contributed by atoms with van der Waals surface area (Å²) in [4.78, 5) is 12.6. The Labute approximate surface area is 211 Å². The highest BCUT2D eigenvalue weighted by Crippen LogP contribution is 2.26. The van der Waals surface area contributed by atoms with Crippen molar-refractivity contribution in [2.45, 2.75) is 13.0 Å². The number of hydrogen-bond donors (Lipinski definition) is 1. The second kappa shape index (κ2) is 11.7. The predicted octanol–water partition coefficient (Wildman–Crippen LogP) is 7.61. The van der Waals surface area contributed by atoms with Crippen molar-refractivity contribution in [1.82, 2.24) is 0 Å². The van der Waals surface area contributed by atoms with Crippen LogP contribution in [0.15, 0.2) is 83.4 Å². The minimum atomic E-state index is -0.487. The molecule has 0 atom stereocenters. The summed E-state index contributed by atoms with van der Waals surface area (Å²) in [5.74, 6) is 0.175. The monoisotopic (exact) mass is 540 g/mol. The van der Waals surface area contributed by atoms with Crippen molar-refractivity contribution in [2.75, 3.05) is 5.32 Å². The summed E-state index contributed by atoms with van der Waals surface area (Å²) in [6, 6.07) is 19.8. The van der Waals surface area contributed by atoms with Gasteiger partial charge in [-0.2, -0.15) is 5.26 Å². The third kappa shape index (κ3) is 6.97. The zero-order valence-corrected chi connectivity index (χ0v) is 20.5. The number of carbonyl (C=O) groups is 1. The number of halogens is 3. The summed E-state index contributed by atoms with van der Waals surface area (Å²) in [7, 11) is 0. The molecule has 3 aromatic carbocycles. The molecular formula is C26H19BrCl2N2O2. The van der Waals surface area contributed by atoms with Crippen molar-refractivity contribution < 1.29 is 9.53 Å². The first-order chi connectivity index (χ1) is 15.9. The van der Waals surface area contributed by atoms with E-state index in [1.807, 2.05) is 24.3 Å². The van der Waals surface area contributed by atoms with Gasteiger partial charge in [0.2, 0.25) is 0 Å². The van der Waals surface area contributed by atoms with E-state index in [0.717, 1.165) is 15.6 Å². The van der Waals surface area contributed by atoms with Gasteiger partial charge in [0.1, 0.15) is 24.0 Å². The number of carbonyl (C=O) groups excluding carboxylic acids is 1. The predicted molar refractivity (Wildman–Crippen MR) is 137 cm³/mol. The van der Waals surface area contributed by atoms with Gasteiger partial charge in [-0.3, -0.25) is 4.79 Å². The molecule has 3 aromatic rings. The Kier molecular flexibility index (Phi) is 8.73. The molecule has 33 heavy (non-hydrogen) atoms. The molecule has 0 unspecified atom stereocenters. The maximum absolute atomic E-state index is 12.6. The largest absolute Gasteiger partial charge is 0.489 e. The van der Waals surface area contributed by atoms with Crippen LogP contribution in [0.3, 0.4) is 0 Å². The molecule has 3 rings (SSSR count). The van der Waals surface area contributed by atoms with Crippen molar-refractivity contribution in [3.05, 3.63) is 110 Å². The zero-order valence-electron chi connectivity index (χ0n) is 17.4. The van der Waals surface area contributed by atoms with Crippen LogP contribution in [-0.2, 0) is 17.8 Å². The van der Waals surface area contributed by atoms with Crippen molar-refractivity contribution in [2.24, 2.45) is 0 Å². The van der Waals surface area contributed by atoms with Crippen LogP contribution in [-0.4, -0.2) is 5.91 Å². The lowest BCUT2D eigenvalue weighted by molar-refractivity contribution is -0.112. The summed E-state index contributed by atoms with van der Waals surface area (Å²) < 4.78 is 6.80. The smallest absolute Gasteiger partial charge is 0.266 e. The van der Waals surface area contributed by atoms with Crippen LogP contribution in [0.25, 0.3) is 6.08 Å². The van der Waals surface area contributed by atoms with E-state index in [-0.39, 0.29) is 12.2 Å². The topological polar surface area (TPSA) is 62.1 Å². The summed E-state index contributed by atoms with van der Waals surface area (Å²) in [6.45, 7) is 4.07. The van der Waals surface area contributed by atoms with Crippen molar-refractivity contribution in [1.29, 1.82) is 5.26 Å². The molecule has 0 aliphatic rings. The Morgan fingerprint density at radius 2 is 1.94 bits per heavy atom. The maximum atomic E-state index is 12.6. The Hall–Kier alpha value is -3.04. The lowest BCUT2D eigenvalue weighted by Gasteiger charge is -2.13. The summed E-state index contributed by atoms with van der Waals surface area (Å²) in [5.41, 5.74) is 2.96. The first kappa shape index (κ1) is 24.6. The first-order valence-corrected chi connectivity index (χ1v) is 11.4. The van der Waals surface area contributed by atoms with E-state index in [1.54, 1.807) is 54.6 Å². The van der Waals surface area contributed by atoms with Crippen molar-refractivity contribution in [3.63, 3.8) is 0 Å². The van der Waals surface area contributed by atoms with Gasteiger partial charge in [0, 0.05) is 25.8 Å². The molecular weight excluding hydrogens is 523 g/mol. The van der Waals surface area contributed by atoms with Gasteiger partial charge < -0.3 is 10.1 Å². The van der Waals surface area contributed by atoms with Gasteiger partial charge in [-0.05, 0) is 66.1 Å². The Bertz CT molecular complexity index is 1270. The number of nitriles is 1. The molecule has 0 spiro atoms. The molecule has 4 nitrogen and oxygen atoms in total. The van der Waals surface area contributed by atoms with E-state index < -0.39 is 5.91 Å². The molecule has 7 heteroatoms. The van der Waals surface area contributed by atoms with Gasteiger partial charge in [0.25, 0.3) is 5.91 Å². The SMILES string of the molecule is C=CCc1cc(/C=C(/C#N)C(=O)Nc2cccc(Br)c2)ccc1OCc1ccc(Cl)cc1Cl. The average molecular weight is 542 g/mol. The number of rotatable bonds is 8. The van der Waals surface area contributed by atoms with E-state index in [4.69, 9.17) is 27.9 Å². The number of ether oxygens (including phenoxy) is 1. The lowest BCUT2D eigenvalue weighted by Crippen LogP contribution is -2.13. The second-order valence-electron chi connectivity index (χ2n) is 7.02. The Morgan fingerprint density at radius 3 is 2.64 bits per heavy atom. The third-order valence-corrected chi connectivity index (χ3v) is 5.69. The maximum Gasteiger partial charge on any atom is 0.266 e. The van der Waals surface area contributed by atoms with Crippen LogP contribution < -0.4 is 10.1 Å². The first-order valence-electron chi connectivity index (χ1n) is 9.89. The number of amides is 1. The highest BCUT2D eigenvalue weighted by molar-refractivity contribution is 9.10. The minimum absolute atomic E-state index is 0.0128.